The fraction of sp³-hybridized carbons (Fsp3) is 0.636. The summed E-state index contributed by atoms with van der Waals surface area (Å²) in [5.74, 6) is -8.56. The first-order chi connectivity index (χ1) is 22.4. The Balaban J connectivity index is 1.59. The minimum atomic E-state index is -2.45. The molecule has 15 heteroatoms. The monoisotopic (exact) mass is 673 g/mol. The lowest BCUT2D eigenvalue weighted by atomic mass is 9.56. The summed E-state index contributed by atoms with van der Waals surface area (Å²) in [6.45, 7) is 5.83. The molecule has 2 aliphatic heterocycles. The van der Waals surface area contributed by atoms with E-state index in [1.807, 2.05) is 39.8 Å². The molecule has 2 amide bonds. The van der Waals surface area contributed by atoms with E-state index >= 15 is 0 Å². The van der Waals surface area contributed by atoms with Crippen molar-refractivity contribution in [2.45, 2.75) is 62.4 Å². The molecule has 48 heavy (non-hydrogen) atoms. The number of aromatic hydroxyl groups is 1. The Morgan fingerprint density at radius 2 is 1.62 bits per heavy atom. The molecule has 4 atom stereocenters. The first kappa shape index (κ1) is 34.4. The van der Waals surface area contributed by atoms with E-state index in [0.717, 1.165) is 0 Å². The van der Waals surface area contributed by atoms with Crippen molar-refractivity contribution in [3.8, 4) is 5.75 Å². The zero-order valence-electron chi connectivity index (χ0n) is 28.5. The average Bonchev–Trinajstić information content (AvgIpc) is 3.66. The van der Waals surface area contributed by atoms with E-state index in [1.54, 1.807) is 25.1 Å². The normalized spacial score (nSPS) is 28.9. The van der Waals surface area contributed by atoms with Crippen LogP contribution in [0.2, 0.25) is 0 Å². The van der Waals surface area contributed by atoms with E-state index in [4.69, 9.17) is 24.7 Å². The van der Waals surface area contributed by atoms with Crippen LogP contribution in [0.4, 0.5) is 11.4 Å². The summed E-state index contributed by atoms with van der Waals surface area (Å²) < 4.78 is 24.7. The van der Waals surface area contributed by atoms with Gasteiger partial charge in [-0.1, -0.05) is 0 Å². The number of benzene rings is 1. The van der Waals surface area contributed by atoms with Gasteiger partial charge in [-0.25, -0.2) is 0 Å². The number of nitrogens with one attached hydrogen (secondary N) is 2. The van der Waals surface area contributed by atoms with Crippen LogP contribution in [0, 0.1) is 11.8 Å². The van der Waals surface area contributed by atoms with Crippen molar-refractivity contribution >= 4 is 23.2 Å². The Morgan fingerprint density at radius 1 is 1.02 bits per heavy atom. The lowest BCUT2D eigenvalue weighted by Gasteiger charge is -2.58. The van der Waals surface area contributed by atoms with E-state index in [9.17, 15) is 30.0 Å². The van der Waals surface area contributed by atoms with E-state index in [-0.39, 0.29) is 73.9 Å². The number of aliphatic hydroxyl groups is 3. The van der Waals surface area contributed by atoms with Crippen molar-refractivity contribution in [3.05, 3.63) is 39.9 Å². The van der Waals surface area contributed by atoms with Gasteiger partial charge in [-0.05, 0) is 65.3 Å². The number of hydrogen-bond acceptors (Lipinski definition) is 13. The second kappa shape index (κ2) is 11.6. The molecule has 2 spiro atoms. The number of anilines is 2. The molecule has 2 heterocycles. The summed E-state index contributed by atoms with van der Waals surface area (Å²) in [5.41, 5.74) is 4.29. The van der Waals surface area contributed by atoms with Gasteiger partial charge in [-0.15, -0.1) is 0 Å². The van der Waals surface area contributed by atoms with Crippen LogP contribution < -0.4 is 21.3 Å². The van der Waals surface area contributed by atoms with Gasteiger partial charge in [0, 0.05) is 36.8 Å². The van der Waals surface area contributed by atoms with Gasteiger partial charge in [-0.2, -0.15) is 0 Å². The average molecular weight is 674 g/mol. The van der Waals surface area contributed by atoms with Crippen LogP contribution in [-0.2, 0) is 40.7 Å². The molecule has 0 bridgehead atoms. The zero-order valence-corrected chi connectivity index (χ0v) is 28.5. The van der Waals surface area contributed by atoms with Crippen LogP contribution in [0.25, 0.3) is 0 Å². The first-order valence-electron chi connectivity index (χ1n) is 16.1. The van der Waals surface area contributed by atoms with Crippen molar-refractivity contribution in [1.29, 1.82) is 0 Å². The summed E-state index contributed by atoms with van der Waals surface area (Å²) >= 11 is 0. The molecule has 2 saturated heterocycles. The number of fused-ring (bicyclic) bond motifs is 6. The maximum absolute atomic E-state index is 13.1. The molecule has 0 aromatic heterocycles. The number of rotatable bonds is 6. The largest absolute Gasteiger partial charge is 0.510 e. The van der Waals surface area contributed by atoms with Gasteiger partial charge in [0.2, 0.25) is 17.5 Å². The highest BCUT2D eigenvalue weighted by Crippen LogP contribution is 2.64. The Labute approximate surface area is 279 Å². The van der Waals surface area contributed by atoms with Gasteiger partial charge in [-0.3, -0.25) is 14.5 Å². The van der Waals surface area contributed by atoms with Crippen LogP contribution >= 0.6 is 0 Å². The molecular weight excluding hydrogens is 626 g/mol. The number of amides is 2. The summed E-state index contributed by atoms with van der Waals surface area (Å²) in [7, 11) is 7.03. The molecule has 2 fully saturated rings. The summed E-state index contributed by atoms with van der Waals surface area (Å²) in [5, 5.41) is 54.9. The number of primary amides is 1. The smallest absolute Gasteiger partial charge is 0.253 e. The summed E-state index contributed by atoms with van der Waals surface area (Å²) in [6, 6.07) is 0.717. The molecular formula is C33H47N5O10. The molecule has 6 rings (SSSR count). The molecule has 1 aromatic carbocycles. The number of ether oxygens (including phenoxy) is 4. The van der Waals surface area contributed by atoms with Gasteiger partial charge in [0.25, 0.3) is 5.91 Å². The second-order valence-corrected chi connectivity index (χ2v) is 14.6. The minimum absolute atomic E-state index is 0.0183. The predicted octanol–water partition coefficient (Wildman–Crippen LogP) is 0.704. The maximum atomic E-state index is 13.1. The van der Waals surface area contributed by atoms with Gasteiger partial charge >= 0.3 is 0 Å². The molecule has 0 saturated carbocycles. The fourth-order valence-electron chi connectivity index (χ4n) is 8.29. The van der Waals surface area contributed by atoms with Crippen LogP contribution in [0.5, 0.6) is 5.75 Å². The van der Waals surface area contributed by atoms with E-state index in [1.165, 1.54) is 0 Å². The first-order valence-corrected chi connectivity index (χ1v) is 16.1. The van der Waals surface area contributed by atoms with E-state index in [2.05, 4.69) is 10.6 Å². The summed E-state index contributed by atoms with van der Waals surface area (Å²) in [4.78, 5) is 29.5. The highest BCUT2D eigenvalue weighted by molar-refractivity contribution is 5.96. The number of nitrogens with two attached hydrogens (primary N) is 1. The molecule has 0 unspecified atom stereocenters. The standard InChI is InChI=1S/C33H47N5O10/c1-30(2,3)35-15-21(39)36-19-14-20(37(4)5)17-12-16-13-18-25(38(6)7)27(41)24(29(34)43)33(47-10-11-48-33)31(18,44)28(42)22(16)32(23(17)26(19)40)45-8-9-46-32/h14,16,18,25,35,40-42,44H,8-13,15H2,1-7H3,(H2,34,43)(H,36,39)/t16-,18-,25-,31-/m0/s1. The Bertz CT molecular complexity index is 1590. The zero-order chi connectivity index (χ0) is 35.1. The van der Waals surface area contributed by atoms with Crippen molar-refractivity contribution in [2.24, 2.45) is 17.6 Å². The number of hydrogen-bond donors (Lipinski definition) is 7. The fourth-order valence-corrected chi connectivity index (χ4v) is 8.29. The molecule has 8 N–H and O–H groups in total. The Kier molecular flexibility index (Phi) is 8.30. The molecule has 1 aromatic rings. The molecule has 3 aliphatic carbocycles. The number of nitrogens with zero attached hydrogens (tertiary/aromatic N) is 2. The number of likely N-dealkylation sites (N-methyl/N-ethyl adjacent to an activating group) is 1. The van der Waals surface area contributed by atoms with Crippen LogP contribution in [-0.4, -0.2) is 121 Å². The number of phenols is 1. The van der Waals surface area contributed by atoms with E-state index < -0.39 is 64.0 Å². The number of carbonyl (C=O) groups excluding carboxylic acids is 2. The minimum Gasteiger partial charge on any atom is -0.510 e. The molecule has 264 valence electrons. The van der Waals surface area contributed by atoms with Crippen molar-refractivity contribution in [1.82, 2.24) is 10.2 Å². The van der Waals surface area contributed by atoms with Gasteiger partial charge in [0.1, 0.15) is 22.8 Å². The Hall–Kier alpha value is -3.44. The number of aliphatic hydroxyl groups excluding tert-OH is 2. The van der Waals surface area contributed by atoms with Crippen LogP contribution in [0.15, 0.2) is 28.7 Å². The third-order valence-corrected chi connectivity index (χ3v) is 10.1. The van der Waals surface area contributed by atoms with Crippen molar-refractivity contribution in [3.63, 3.8) is 0 Å². The number of phenolic OH excluding ortho intramolecular Hbond substituents is 1. The highest BCUT2D eigenvalue weighted by Gasteiger charge is 2.74. The third kappa shape index (κ3) is 4.82. The van der Waals surface area contributed by atoms with Crippen LogP contribution in [0.3, 0.4) is 0 Å². The summed E-state index contributed by atoms with van der Waals surface area (Å²) in [6.07, 6.45) is 0.417. The van der Waals surface area contributed by atoms with Gasteiger partial charge in [0.15, 0.2) is 5.60 Å². The lowest BCUT2D eigenvalue weighted by molar-refractivity contribution is -0.281. The number of carbonyl (C=O) groups is 2. The van der Waals surface area contributed by atoms with E-state index in [0.29, 0.717) is 11.3 Å². The highest BCUT2D eigenvalue weighted by atomic mass is 16.8. The van der Waals surface area contributed by atoms with Crippen molar-refractivity contribution in [2.75, 3.05) is 71.4 Å². The van der Waals surface area contributed by atoms with Gasteiger partial charge in [0.05, 0.1) is 50.3 Å². The predicted molar refractivity (Wildman–Crippen MR) is 173 cm³/mol. The molecule has 15 nitrogen and oxygen atoms in total. The lowest BCUT2D eigenvalue weighted by Crippen LogP contribution is -2.72. The van der Waals surface area contributed by atoms with Crippen LogP contribution in [0.1, 0.15) is 38.3 Å². The SMILES string of the molecule is CN(C)c1cc(NC(=O)CNC(C)(C)C)c(O)c2c1C[C@H]1C[C@H]3[C@H](N(C)C)C(O)=C(C(N)=O)C4(OCCO4)[C@@]3(O)C(O)=C1C21OCCO1. The Morgan fingerprint density at radius 3 is 2.17 bits per heavy atom. The quantitative estimate of drug-likeness (QED) is 0.208. The molecule has 0 radical (unpaired) electrons. The topological polar surface area (TPSA) is 209 Å². The molecule has 5 aliphatic rings. The maximum Gasteiger partial charge on any atom is 0.253 e. The second-order valence-electron chi connectivity index (χ2n) is 14.6. The van der Waals surface area contributed by atoms with Gasteiger partial charge < -0.3 is 60.6 Å². The van der Waals surface area contributed by atoms with Crippen molar-refractivity contribution < 1.29 is 49.0 Å². The third-order valence-electron chi connectivity index (χ3n) is 10.1.